The molecule has 0 amide bonds. The third kappa shape index (κ3) is 2.73. The maximum absolute atomic E-state index is 6.48. The van der Waals surface area contributed by atoms with Gasteiger partial charge >= 0.3 is 0 Å². The number of hydrogen-bond acceptors (Lipinski definition) is 5. The van der Waals surface area contributed by atoms with Crippen LogP contribution in [0.5, 0.6) is 5.88 Å². The molecule has 3 nitrogen and oxygen atoms in total. The molecule has 98 valence electrons. The van der Waals surface area contributed by atoms with Crippen LogP contribution in [-0.2, 0) is 6.42 Å². The van der Waals surface area contributed by atoms with Crippen LogP contribution in [0.25, 0.3) is 9.40 Å². The highest BCUT2D eigenvalue weighted by Gasteiger charge is 2.14. The number of nitrogens with zero attached hydrogens (tertiary/aromatic N) is 2. The highest BCUT2D eigenvalue weighted by atomic mass is 35.5. The van der Waals surface area contributed by atoms with Gasteiger partial charge in [-0.1, -0.05) is 0 Å². The summed E-state index contributed by atoms with van der Waals surface area (Å²) in [4.78, 5) is 9.40. The highest BCUT2D eigenvalue weighted by Crippen LogP contribution is 2.37. The number of ether oxygens (including phenoxy) is 1. The van der Waals surface area contributed by atoms with E-state index in [1.807, 2.05) is 6.07 Å². The van der Waals surface area contributed by atoms with Gasteiger partial charge in [-0.15, -0.1) is 34.3 Å². The molecule has 0 aliphatic heterocycles. The lowest BCUT2D eigenvalue weighted by Gasteiger charge is -2.07. The Morgan fingerprint density at radius 3 is 3.00 bits per heavy atom. The predicted octanol–water partition coefficient (Wildman–Crippen LogP) is 4.28. The molecule has 0 saturated heterocycles. The monoisotopic (exact) mass is 310 g/mol. The van der Waals surface area contributed by atoms with E-state index >= 15 is 0 Å². The smallest absolute Gasteiger partial charge is 0.216 e. The first kappa shape index (κ1) is 12.8. The number of halogens is 1. The number of thiophene rings is 2. The van der Waals surface area contributed by atoms with Crippen molar-refractivity contribution >= 4 is 43.7 Å². The lowest BCUT2D eigenvalue weighted by molar-refractivity contribution is 0.396. The van der Waals surface area contributed by atoms with Crippen LogP contribution in [0.3, 0.4) is 0 Å². The van der Waals surface area contributed by atoms with Gasteiger partial charge in [-0.3, -0.25) is 0 Å². The van der Waals surface area contributed by atoms with Crippen molar-refractivity contribution < 1.29 is 4.74 Å². The summed E-state index contributed by atoms with van der Waals surface area (Å²) >= 11 is 9.97. The van der Waals surface area contributed by atoms with Gasteiger partial charge in [-0.25, -0.2) is 9.97 Å². The number of alkyl halides is 1. The molecule has 6 heteroatoms. The second-order valence-corrected chi connectivity index (χ2v) is 6.61. The van der Waals surface area contributed by atoms with E-state index in [4.69, 9.17) is 16.3 Å². The van der Waals surface area contributed by atoms with E-state index in [2.05, 4.69) is 27.5 Å². The Balaban J connectivity index is 1.80. The van der Waals surface area contributed by atoms with E-state index in [-0.39, 0.29) is 5.38 Å². The second kappa shape index (κ2) is 5.45. The Kier molecular flexibility index (Phi) is 3.68. The Morgan fingerprint density at radius 1 is 1.32 bits per heavy atom. The summed E-state index contributed by atoms with van der Waals surface area (Å²) in [6.07, 6.45) is 2.18. The average Bonchev–Trinajstić information content (AvgIpc) is 2.99. The molecule has 0 bridgehead atoms. The van der Waals surface area contributed by atoms with Gasteiger partial charge in [0.05, 0.1) is 12.5 Å². The maximum atomic E-state index is 6.48. The number of rotatable bonds is 4. The number of fused-ring (bicyclic) bond motifs is 1. The second-order valence-electron chi connectivity index (χ2n) is 4.02. The molecule has 0 saturated carbocycles. The summed E-state index contributed by atoms with van der Waals surface area (Å²) in [7, 11) is 1.59. The van der Waals surface area contributed by atoms with E-state index < -0.39 is 0 Å². The molecule has 3 aromatic rings. The van der Waals surface area contributed by atoms with Crippen molar-refractivity contribution in [1.29, 1.82) is 0 Å². The molecule has 0 fully saturated rings. The SMILES string of the molecule is COc1cc(CC(Cl)c2cc3sccc3s2)ncn1. The van der Waals surface area contributed by atoms with Crippen LogP contribution in [0.4, 0.5) is 0 Å². The molecule has 3 heterocycles. The molecule has 0 aromatic carbocycles. The van der Waals surface area contributed by atoms with Crippen LogP contribution in [0.1, 0.15) is 15.9 Å². The molecule has 1 unspecified atom stereocenters. The quantitative estimate of drug-likeness (QED) is 0.674. The maximum Gasteiger partial charge on any atom is 0.216 e. The van der Waals surface area contributed by atoms with Crippen LogP contribution < -0.4 is 4.74 Å². The fourth-order valence-corrected chi connectivity index (χ4v) is 4.28. The Morgan fingerprint density at radius 2 is 2.21 bits per heavy atom. The van der Waals surface area contributed by atoms with Crippen molar-refractivity contribution in [2.75, 3.05) is 7.11 Å². The molecule has 0 radical (unpaired) electrons. The van der Waals surface area contributed by atoms with Gasteiger partial charge < -0.3 is 4.74 Å². The summed E-state index contributed by atoms with van der Waals surface area (Å²) in [6.45, 7) is 0. The zero-order valence-corrected chi connectivity index (χ0v) is 12.6. The first-order valence-corrected chi connectivity index (χ1v) is 7.85. The molecule has 0 spiro atoms. The topological polar surface area (TPSA) is 35.0 Å². The molecule has 0 aliphatic rings. The predicted molar refractivity (Wildman–Crippen MR) is 80.6 cm³/mol. The molecule has 0 N–H and O–H groups in total. The lowest BCUT2D eigenvalue weighted by atomic mass is 10.2. The lowest BCUT2D eigenvalue weighted by Crippen LogP contribution is -1.98. The van der Waals surface area contributed by atoms with E-state index in [9.17, 15) is 0 Å². The number of hydrogen-bond donors (Lipinski definition) is 0. The minimum Gasteiger partial charge on any atom is -0.481 e. The molecule has 3 aromatic heterocycles. The molecule has 19 heavy (non-hydrogen) atoms. The largest absolute Gasteiger partial charge is 0.481 e. The van der Waals surface area contributed by atoms with Crippen molar-refractivity contribution in [2.24, 2.45) is 0 Å². The Hall–Kier alpha value is -1.17. The van der Waals surface area contributed by atoms with Crippen LogP contribution in [0.15, 0.2) is 29.9 Å². The van der Waals surface area contributed by atoms with Crippen molar-refractivity contribution in [1.82, 2.24) is 9.97 Å². The van der Waals surface area contributed by atoms with Crippen LogP contribution in [0.2, 0.25) is 0 Å². The standard InChI is InChI=1S/C13H11ClN2OS2/c1-17-13-5-8(15-7-16-13)4-9(14)11-6-12-10(19-11)2-3-18-12/h2-3,5-7,9H,4H2,1H3. The van der Waals surface area contributed by atoms with Crippen LogP contribution >= 0.6 is 34.3 Å². The van der Waals surface area contributed by atoms with Crippen LogP contribution in [0, 0.1) is 0 Å². The molecule has 3 rings (SSSR count). The fourth-order valence-electron chi connectivity index (χ4n) is 1.82. The Bertz CT molecular complexity index is 666. The minimum atomic E-state index is -0.0655. The van der Waals surface area contributed by atoms with Gasteiger partial charge in [-0.05, 0) is 17.5 Å². The fraction of sp³-hybridized carbons (Fsp3) is 0.231. The molecule has 0 aliphatic carbocycles. The normalized spacial score (nSPS) is 12.7. The van der Waals surface area contributed by atoms with Gasteiger partial charge in [0.2, 0.25) is 5.88 Å². The summed E-state index contributed by atoms with van der Waals surface area (Å²) in [6, 6.07) is 6.12. The van der Waals surface area contributed by atoms with Crippen molar-refractivity contribution in [3.05, 3.63) is 40.5 Å². The van der Waals surface area contributed by atoms with Gasteiger partial charge in [0.25, 0.3) is 0 Å². The molecular weight excluding hydrogens is 300 g/mol. The van der Waals surface area contributed by atoms with Gasteiger partial charge in [0.1, 0.15) is 6.33 Å². The van der Waals surface area contributed by atoms with Crippen molar-refractivity contribution in [3.8, 4) is 5.88 Å². The third-order valence-electron chi connectivity index (χ3n) is 2.76. The van der Waals surface area contributed by atoms with Crippen LogP contribution in [-0.4, -0.2) is 17.1 Å². The number of aromatic nitrogens is 2. The zero-order valence-electron chi connectivity index (χ0n) is 10.2. The Labute approximate surface area is 123 Å². The van der Waals surface area contributed by atoms with E-state index in [1.165, 1.54) is 20.6 Å². The summed E-state index contributed by atoms with van der Waals surface area (Å²) in [5.74, 6) is 0.570. The first-order valence-electron chi connectivity index (χ1n) is 5.72. The summed E-state index contributed by atoms with van der Waals surface area (Å²) in [5, 5.41) is 2.04. The van der Waals surface area contributed by atoms with Gasteiger partial charge in [0, 0.05) is 32.5 Å². The average molecular weight is 311 g/mol. The minimum absolute atomic E-state index is 0.0655. The molecular formula is C13H11ClN2OS2. The van der Waals surface area contributed by atoms with E-state index in [1.54, 1.807) is 29.8 Å². The van der Waals surface area contributed by atoms with E-state index in [0.29, 0.717) is 12.3 Å². The molecule has 1 atom stereocenters. The number of methoxy groups -OCH3 is 1. The van der Waals surface area contributed by atoms with Crippen molar-refractivity contribution in [3.63, 3.8) is 0 Å². The first-order chi connectivity index (χ1) is 9.26. The van der Waals surface area contributed by atoms with Crippen molar-refractivity contribution in [2.45, 2.75) is 11.8 Å². The summed E-state index contributed by atoms with van der Waals surface area (Å²) in [5.41, 5.74) is 0.892. The highest BCUT2D eigenvalue weighted by molar-refractivity contribution is 7.27. The summed E-state index contributed by atoms with van der Waals surface area (Å²) < 4.78 is 7.68. The zero-order chi connectivity index (χ0) is 13.2. The van der Waals surface area contributed by atoms with Gasteiger partial charge in [0.15, 0.2) is 0 Å². The van der Waals surface area contributed by atoms with E-state index in [0.717, 1.165) is 5.69 Å². The van der Waals surface area contributed by atoms with Gasteiger partial charge in [-0.2, -0.15) is 0 Å². The third-order valence-corrected chi connectivity index (χ3v) is 5.49.